The Morgan fingerprint density at radius 3 is 2.65 bits per heavy atom. The zero-order valence-corrected chi connectivity index (χ0v) is 14.8. The predicted molar refractivity (Wildman–Crippen MR) is 89.2 cm³/mol. The number of aliphatic hydroxyl groups is 1. The Morgan fingerprint density at radius 2 is 2.15 bits per heavy atom. The van der Waals surface area contributed by atoms with Gasteiger partial charge in [-0.05, 0) is 31.4 Å². The van der Waals surface area contributed by atoms with E-state index in [1.54, 1.807) is 24.5 Å². The molecule has 26 heavy (non-hydrogen) atoms. The largest absolute Gasteiger partial charge is 0.424 e. The maximum absolute atomic E-state index is 13.6. The monoisotopic (exact) mass is 385 g/mol. The molecule has 0 spiro atoms. The number of hydrogen-bond donors (Lipinski definition) is 1. The first kappa shape index (κ1) is 18.8. The van der Waals surface area contributed by atoms with E-state index >= 15 is 0 Å². The summed E-state index contributed by atoms with van der Waals surface area (Å²) in [5.74, 6) is -0.746. The van der Waals surface area contributed by atoms with Crippen molar-refractivity contribution in [3.63, 3.8) is 0 Å². The Morgan fingerprint density at radius 1 is 1.42 bits per heavy atom. The zero-order chi connectivity index (χ0) is 18.9. The lowest BCUT2D eigenvalue weighted by Gasteiger charge is -2.31. The van der Waals surface area contributed by atoms with E-state index in [1.807, 2.05) is 0 Å². The third-order valence-corrected chi connectivity index (χ3v) is 5.34. The van der Waals surface area contributed by atoms with Gasteiger partial charge >= 0.3 is 6.18 Å². The number of amides is 1. The van der Waals surface area contributed by atoms with Crippen LogP contribution in [0, 0.1) is 6.92 Å². The highest BCUT2D eigenvalue weighted by Gasteiger charge is 2.58. The van der Waals surface area contributed by atoms with Gasteiger partial charge in [-0.3, -0.25) is 9.78 Å². The van der Waals surface area contributed by atoms with Crippen molar-refractivity contribution < 1.29 is 23.1 Å². The fourth-order valence-corrected chi connectivity index (χ4v) is 3.57. The second-order valence-electron chi connectivity index (χ2n) is 6.44. The van der Waals surface area contributed by atoms with E-state index in [2.05, 4.69) is 9.97 Å². The quantitative estimate of drug-likeness (QED) is 0.830. The number of nitrogens with zero attached hydrogens (tertiary/aromatic N) is 3. The van der Waals surface area contributed by atoms with Crippen molar-refractivity contribution >= 4 is 17.2 Å². The maximum atomic E-state index is 13.6. The Kier molecular flexibility index (Phi) is 5.03. The highest BCUT2D eigenvalue weighted by molar-refractivity contribution is 7.09. The van der Waals surface area contributed by atoms with Crippen LogP contribution < -0.4 is 0 Å². The summed E-state index contributed by atoms with van der Waals surface area (Å²) < 4.78 is 40.8. The van der Waals surface area contributed by atoms with E-state index in [9.17, 15) is 23.1 Å². The number of pyridine rings is 1. The number of carbonyl (C=O) groups excluding carboxylic acids is 1. The molecular weight excluding hydrogens is 367 g/mol. The number of halogens is 3. The van der Waals surface area contributed by atoms with Crippen LogP contribution in [0.25, 0.3) is 0 Å². The smallest absolute Gasteiger partial charge is 0.374 e. The minimum atomic E-state index is -5.00. The molecular formula is C17H18F3N3O2S. The van der Waals surface area contributed by atoms with Crippen LogP contribution in [0.15, 0.2) is 29.9 Å². The van der Waals surface area contributed by atoms with Gasteiger partial charge in [0.05, 0.1) is 6.42 Å². The van der Waals surface area contributed by atoms with E-state index in [0.717, 1.165) is 18.4 Å². The van der Waals surface area contributed by atoms with Crippen LogP contribution in [0.4, 0.5) is 13.2 Å². The van der Waals surface area contributed by atoms with E-state index in [4.69, 9.17) is 0 Å². The Labute approximate surface area is 152 Å². The van der Waals surface area contributed by atoms with E-state index in [-0.39, 0.29) is 12.6 Å². The van der Waals surface area contributed by atoms with Gasteiger partial charge < -0.3 is 10.0 Å². The molecule has 1 atom stereocenters. The molecule has 1 aliphatic rings. The van der Waals surface area contributed by atoms with Crippen molar-refractivity contribution in [1.29, 1.82) is 0 Å². The van der Waals surface area contributed by atoms with Gasteiger partial charge in [0, 0.05) is 36.1 Å². The lowest BCUT2D eigenvalue weighted by Crippen LogP contribution is -2.47. The molecule has 3 rings (SSSR count). The SMILES string of the molecule is Cc1csc(C(O)(CC(=O)N(Cc2cccnc2)C2CC2)C(F)(F)F)n1. The first-order chi connectivity index (χ1) is 12.2. The van der Waals surface area contributed by atoms with Crippen LogP contribution in [-0.4, -0.2) is 38.1 Å². The van der Waals surface area contributed by atoms with Crippen molar-refractivity contribution in [3.8, 4) is 0 Å². The van der Waals surface area contributed by atoms with Gasteiger partial charge in [-0.25, -0.2) is 4.98 Å². The summed E-state index contributed by atoms with van der Waals surface area (Å²) in [6, 6.07) is 3.36. The van der Waals surface area contributed by atoms with Gasteiger partial charge in [-0.1, -0.05) is 6.07 Å². The lowest BCUT2D eigenvalue weighted by atomic mass is 9.98. The number of aromatic nitrogens is 2. The van der Waals surface area contributed by atoms with Crippen molar-refractivity contribution in [2.45, 2.75) is 50.6 Å². The first-order valence-electron chi connectivity index (χ1n) is 8.11. The Bertz CT molecular complexity index is 777. The number of alkyl halides is 3. The van der Waals surface area contributed by atoms with Crippen LogP contribution in [0.1, 0.15) is 35.5 Å². The summed E-state index contributed by atoms with van der Waals surface area (Å²) in [5.41, 5.74) is -2.19. The topological polar surface area (TPSA) is 66.3 Å². The second-order valence-corrected chi connectivity index (χ2v) is 7.30. The predicted octanol–water partition coefficient (Wildman–Crippen LogP) is 3.18. The molecule has 0 aromatic carbocycles. The zero-order valence-electron chi connectivity index (χ0n) is 14.0. The Balaban J connectivity index is 1.84. The van der Waals surface area contributed by atoms with Gasteiger partial charge in [-0.2, -0.15) is 13.2 Å². The molecule has 2 aromatic rings. The van der Waals surface area contributed by atoms with E-state index in [0.29, 0.717) is 17.0 Å². The summed E-state index contributed by atoms with van der Waals surface area (Å²) >= 11 is 0.703. The van der Waals surface area contributed by atoms with Gasteiger partial charge in [0.2, 0.25) is 11.5 Å². The average Bonchev–Trinajstić information content (AvgIpc) is 3.32. The van der Waals surface area contributed by atoms with Gasteiger partial charge in [-0.15, -0.1) is 11.3 Å². The summed E-state index contributed by atoms with van der Waals surface area (Å²) in [6.45, 7) is 1.71. The summed E-state index contributed by atoms with van der Waals surface area (Å²) in [4.78, 5) is 21.8. The molecule has 0 bridgehead atoms. The summed E-state index contributed by atoms with van der Waals surface area (Å²) in [7, 11) is 0. The molecule has 1 aliphatic carbocycles. The highest BCUT2D eigenvalue weighted by Crippen LogP contribution is 2.44. The molecule has 2 aromatic heterocycles. The third kappa shape index (κ3) is 3.88. The van der Waals surface area contributed by atoms with Crippen molar-refractivity contribution in [3.05, 3.63) is 46.2 Å². The normalized spacial score (nSPS) is 17.0. The van der Waals surface area contributed by atoms with Gasteiger partial charge in [0.25, 0.3) is 0 Å². The van der Waals surface area contributed by atoms with Crippen LogP contribution in [0.3, 0.4) is 0 Å². The number of rotatable bonds is 6. The maximum Gasteiger partial charge on any atom is 0.424 e. The molecule has 1 amide bonds. The standard InChI is InChI=1S/C17H18F3N3O2S/c1-11-10-26-15(22-11)16(25,17(18,19)20)7-14(24)23(13-4-5-13)9-12-3-2-6-21-8-12/h2-3,6,8,10,13,25H,4-5,7,9H2,1H3. The molecule has 140 valence electrons. The molecule has 1 fully saturated rings. The lowest BCUT2D eigenvalue weighted by molar-refractivity contribution is -0.268. The number of carbonyl (C=O) groups is 1. The number of aryl methyl sites for hydroxylation is 1. The molecule has 1 saturated carbocycles. The van der Waals surface area contributed by atoms with Gasteiger partial charge in [0.15, 0.2) is 0 Å². The molecule has 5 nitrogen and oxygen atoms in total. The third-order valence-electron chi connectivity index (χ3n) is 4.23. The van der Waals surface area contributed by atoms with Crippen molar-refractivity contribution in [1.82, 2.24) is 14.9 Å². The highest BCUT2D eigenvalue weighted by atomic mass is 32.1. The fourth-order valence-electron chi connectivity index (χ4n) is 2.66. The average molecular weight is 385 g/mol. The summed E-state index contributed by atoms with van der Waals surface area (Å²) in [6.07, 6.45) is -1.45. The minimum absolute atomic E-state index is 0.0989. The van der Waals surface area contributed by atoms with E-state index < -0.39 is 29.1 Å². The number of hydrogen-bond acceptors (Lipinski definition) is 5. The minimum Gasteiger partial charge on any atom is -0.374 e. The summed E-state index contributed by atoms with van der Waals surface area (Å²) in [5, 5.41) is 11.3. The molecule has 1 N–H and O–H groups in total. The molecule has 9 heteroatoms. The van der Waals surface area contributed by atoms with Crippen molar-refractivity contribution in [2.75, 3.05) is 0 Å². The van der Waals surface area contributed by atoms with Crippen molar-refractivity contribution in [2.24, 2.45) is 0 Å². The number of thiazole rings is 1. The second kappa shape index (κ2) is 6.96. The molecule has 1 unspecified atom stereocenters. The fraction of sp³-hybridized carbons (Fsp3) is 0.471. The van der Waals surface area contributed by atoms with E-state index in [1.165, 1.54) is 17.2 Å². The molecule has 0 aliphatic heterocycles. The Hall–Kier alpha value is -2.00. The van der Waals surface area contributed by atoms with Crippen LogP contribution >= 0.6 is 11.3 Å². The van der Waals surface area contributed by atoms with Gasteiger partial charge in [0.1, 0.15) is 5.01 Å². The van der Waals surface area contributed by atoms with Crippen LogP contribution in [-0.2, 0) is 16.9 Å². The van der Waals surface area contributed by atoms with Crippen LogP contribution in [0.2, 0.25) is 0 Å². The van der Waals surface area contributed by atoms with Crippen LogP contribution in [0.5, 0.6) is 0 Å². The molecule has 0 radical (unpaired) electrons. The first-order valence-corrected chi connectivity index (χ1v) is 8.99. The molecule has 0 saturated heterocycles. The molecule has 2 heterocycles.